The smallest absolute Gasteiger partial charge is 0.0681 e. The molecular formula is C21H26N2O. The van der Waals surface area contributed by atoms with Gasteiger partial charge in [-0.15, -0.1) is 0 Å². The average molecular weight is 322 g/mol. The standard InChI is InChI=1S/C21H26N2O/c1-21-12-17-13-22-23-20(17)11-19(21)7-3-6-18(21)9-8-15-4-2-5-16(10-15)14-24/h2,4-5,10-11,13,18,24H,3,6-9,12,14H2,1H3,(H,22,23)/t18-,21-/m1/s1. The minimum Gasteiger partial charge on any atom is -0.392 e. The Bertz CT molecular complexity index is 761. The van der Waals surface area contributed by atoms with Gasteiger partial charge in [-0.2, -0.15) is 5.10 Å². The van der Waals surface area contributed by atoms with Gasteiger partial charge in [-0.3, -0.25) is 5.10 Å². The number of H-pyrrole nitrogens is 1. The summed E-state index contributed by atoms with van der Waals surface area (Å²) in [6.07, 6.45) is 11.6. The quantitative estimate of drug-likeness (QED) is 0.882. The summed E-state index contributed by atoms with van der Waals surface area (Å²) in [5, 5.41) is 16.7. The lowest BCUT2D eigenvalue weighted by atomic mass is 9.58. The van der Waals surface area contributed by atoms with Crippen LogP contribution in [0.25, 0.3) is 6.08 Å². The zero-order valence-electron chi connectivity index (χ0n) is 14.4. The number of fused-ring (bicyclic) bond motifs is 2. The second-order valence-electron chi connectivity index (χ2n) is 7.68. The van der Waals surface area contributed by atoms with Crippen LogP contribution in [-0.4, -0.2) is 15.3 Å². The van der Waals surface area contributed by atoms with Crippen molar-refractivity contribution >= 4 is 6.08 Å². The molecule has 1 aromatic carbocycles. The molecule has 0 amide bonds. The van der Waals surface area contributed by atoms with Crippen molar-refractivity contribution < 1.29 is 5.11 Å². The molecule has 0 spiro atoms. The van der Waals surface area contributed by atoms with Crippen LogP contribution in [0.5, 0.6) is 0 Å². The van der Waals surface area contributed by atoms with E-state index in [1.165, 1.54) is 42.5 Å². The summed E-state index contributed by atoms with van der Waals surface area (Å²) >= 11 is 0. The zero-order chi connectivity index (χ0) is 16.6. The van der Waals surface area contributed by atoms with Gasteiger partial charge in [0.05, 0.1) is 18.5 Å². The van der Waals surface area contributed by atoms with Gasteiger partial charge in [-0.05, 0) is 72.6 Å². The van der Waals surface area contributed by atoms with Crippen LogP contribution in [-0.2, 0) is 19.4 Å². The predicted molar refractivity (Wildman–Crippen MR) is 96.4 cm³/mol. The molecule has 2 aromatic rings. The van der Waals surface area contributed by atoms with Gasteiger partial charge < -0.3 is 5.11 Å². The molecule has 0 radical (unpaired) electrons. The molecule has 3 heteroatoms. The van der Waals surface area contributed by atoms with E-state index in [2.05, 4.69) is 41.4 Å². The molecule has 3 nitrogen and oxygen atoms in total. The molecule has 1 fully saturated rings. The first-order valence-electron chi connectivity index (χ1n) is 9.11. The lowest BCUT2D eigenvalue weighted by Crippen LogP contribution is -2.37. The van der Waals surface area contributed by atoms with Crippen molar-refractivity contribution in [2.75, 3.05) is 0 Å². The number of aromatic nitrogens is 2. The van der Waals surface area contributed by atoms with Crippen LogP contribution in [0.2, 0.25) is 0 Å². The van der Waals surface area contributed by atoms with Gasteiger partial charge in [0.15, 0.2) is 0 Å². The molecule has 0 aliphatic heterocycles. The van der Waals surface area contributed by atoms with Crippen molar-refractivity contribution in [3.63, 3.8) is 0 Å². The Labute approximate surface area is 143 Å². The molecule has 1 saturated carbocycles. The van der Waals surface area contributed by atoms with Gasteiger partial charge in [0.1, 0.15) is 0 Å². The highest BCUT2D eigenvalue weighted by molar-refractivity contribution is 5.58. The first-order valence-corrected chi connectivity index (χ1v) is 9.11. The van der Waals surface area contributed by atoms with Crippen LogP contribution in [0.15, 0.2) is 36.0 Å². The number of benzene rings is 1. The van der Waals surface area contributed by atoms with E-state index < -0.39 is 0 Å². The SMILES string of the molecule is C[C@]12Cc3cn[nH]c3C=C1CCC[C@@H]2CCc1cccc(CO)c1. The topological polar surface area (TPSA) is 48.9 Å². The predicted octanol–water partition coefficient (Wildman–Crippen LogP) is 4.28. The van der Waals surface area contributed by atoms with E-state index in [-0.39, 0.29) is 12.0 Å². The highest BCUT2D eigenvalue weighted by Crippen LogP contribution is 2.51. The summed E-state index contributed by atoms with van der Waals surface area (Å²) in [6, 6.07) is 8.40. The van der Waals surface area contributed by atoms with Crippen LogP contribution in [0.3, 0.4) is 0 Å². The Morgan fingerprint density at radius 2 is 2.21 bits per heavy atom. The maximum atomic E-state index is 9.33. The second-order valence-corrected chi connectivity index (χ2v) is 7.68. The van der Waals surface area contributed by atoms with Crippen molar-refractivity contribution in [2.45, 2.75) is 52.1 Å². The first-order chi connectivity index (χ1) is 11.7. The Morgan fingerprint density at radius 3 is 3.08 bits per heavy atom. The lowest BCUT2D eigenvalue weighted by Gasteiger charge is -2.46. The number of rotatable bonds is 4. The van der Waals surface area contributed by atoms with E-state index in [9.17, 15) is 5.11 Å². The molecule has 2 aliphatic rings. The first kappa shape index (κ1) is 15.6. The molecule has 2 N–H and O–H groups in total. The summed E-state index contributed by atoms with van der Waals surface area (Å²) in [6.45, 7) is 2.59. The number of hydrogen-bond donors (Lipinski definition) is 2. The summed E-state index contributed by atoms with van der Waals surface area (Å²) < 4.78 is 0. The molecule has 126 valence electrons. The van der Waals surface area contributed by atoms with E-state index in [0.29, 0.717) is 0 Å². The third-order valence-corrected chi connectivity index (χ3v) is 6.22. The van der Waals surface area contributed by atoms with Gasteiger partial charge in [0, 0.05) is 0 Å². The van der Waals surface area contributed by atoms with Crippen molar-refractivity contribution in [2.24, 2.45) is 11.3 Å². The Hall–Kier alpha value is -1.87. The molecule has 1 aromatic heterocycles. The molecule has 1 heterocycles. The number of nitrogens with zero attached hydrogens (tertiary/aromatic N) is 1. The summed E-state index contributed by atoms with van der Waals surface area (Å²) in [5.74, 6) is 0.721. The highest BCUT2D eigenvalue weighted by atomic mass is 16.3. The Kier molecular flexibility index (Phi) is 4.05. The second kappa shape index (κ2) is 6.21. The highest BCUT2D eigenvalue weighted by Gasteiger charge is 2.42. The number of aryl methyl sites for hydroxylation is 1. The van der Waals surface area contributed by atoms with Crippen molar-refractivity contribution in [3.8, 4) is 0 Å². The van der Waals surface area contributed by atoms with Crippen LogP contribution in [0.4, 0.5) is 0 Å². The summed E-state index contributed by atoms with van der Waals surface area (Å²) in [7, 11) is 0. The number of nitrogens with one attached hydrogen (secondary N) is 1. The molecule has 0 saturated heterocycles. The Balaban J connectivity index is 1.53. The molecule has 2 aliphatic carbocycles. The molecule has 4 rings (SSSR count). The van der Waals surface area contributed by atoms with Crippen molar-refractivity contribution in [3.05, 3.63) is 58.4 Å². The fraction of sp³-hybridized carbons (Fsp3) is 0.476. The summed E-state index contributed by atoms with van der Waals surface area (Å²) in [5.41, 5.74) is 6.85. The van der Waals surface area contributed by atoms with E-state index in [1.54, 1.807) is 5.57 Å². The maximum absolute atomic E-state index is 9.33. The number of hydrogen-bond acceptors (Lipinski definition) is 2. The van der Waals surface area contributed by atoms with E-state index in [1.807, 2.05) is 12.3 Å². The van der Waals surface area contributed by atoms with Crippen molar-refractivity contribution in [1.82, 2.24) is 10.2 Å². The zero-order valence-corrected chi connectivity index (χ0v) is 14.4. The average Bonchev–Trinajstić information content (AvgIpc) is 3.04. The number of allylic oxidation sites excluding steroid dienone is 1. The normalized spacial score (nSPS) is 25.8. The number of aliphatic hydroxyl groups excluding tert-OH is 1. The molecule has 2 atom stereocenters. The number of aromatic amines is 1. The summed E-state index contributed by atoms with van der Waals surface area (Å²) in [4.78, 5) is 0. The van der Waals surface area contributed by atoms with E-state index >= 15 is 0 Å². The molecule has 0 unspecified atom stereocenters. The van der Waals surface area contributed by atoms with Gasteiger partial charge in [0.25, 0.3) is 0 Å². The van der Waals surface area contributed by atoms with Gasteiger partial charge in [0.2, 0.25) is 0 Å². The van der Waals surface area contributed by atoms with Crippen molar-refractivity contribution in [1.29, 1.82) is 0 Å². The fourth-order valence-electron chi connectivity index (χ4n) is 4.74. The number of aliphatic hydroxyl groups is 1. The van der Waals surface area contributed by atoms with Gasteiger partial charge in [-0.1, -0.05) is 36.8 Å². The minimum absolute atomic E-state index is 0.130. The van der Waals surface area contributed by atoms with Crippen LogP contribution in [0, 0.1) is 11.3 Å². The molecule has 0 bridgehead atoms. The van der Waals surface area contributed by atoms with Gasteiger partial charge in [-0.25, -0.2) is 0 Å². The maximum Gasteiger partial charge on any atom is 0.0681 e. The largest absolute Gasteiger partial charge is 0.392 e. The van der Waals surface area contributed by atoms with E-state index in [4.69, 9.17) is 0 Å². The fourth-order valence-corrected chi connectivity index (χ4v) is 4.74. The van der Waals surface area contributed by atoms with Crippen LogP contribution in [0.1, 0.15) is 55.0 Å². The molecular weight excluding hydrogens is 296 g/mol. The third kappa shape index (κ3) is 2.71. The lowest BCUT2D eigenvalue weighted by molar-refractivity contribution is 0.170. The van der Waals surface area contributed by atoms with Crippen LogP contribution >= 0.6 is 0 Å². The molecule has 24 heavy (non-hydrogen) atoms. The van der Waals surface area contributed by atoms with Crippen LogP contribution < -0.4 is 0 Å². The Morgan fingerprint density at radius 1 is 1.33 bits per heavy atom. The van der Waals surface area contributed by atoms with E-state index in [0.717, 1.165) is 24.3 Å². The van der Waals surface area contributed by atoms with Gasteiger partial charge >= 0.3 is 0 Å². The third-order valence-electron chi connectivity index (χ3n) is 6.22. The minimum atomic E-state index is 0.130. The monoisotopic (exact) mass is 322 g/mol.